The van der Waals surface area contributed by atoms with E-state index in [1.807, 2.05) is 42.5 Å². The molecule has 7 heteroatoms. The van der Waals surface area contributed by atoms with E-state index in [0.717, 1.165) is 36.0 Å². The molecule has 1 unspecified atom stereocenters. The first-order chi connectivity index (χ1) is 17.3. The second kappa shape index (κ2) is 11.0. The highest BCUT2D eigenvalue weighted by atomic mass is 35.5. The molecule has 0 amide bonds. The lowest BCUT2D eigenvalue weighted by molar-refractivity contribution is 0.0601. The first-order valence-corrected chi connectivity index (χ1v) is 12.4. The third-order valence-electron chi connectivity index (χ3n) is 6.63. The monoisotopic (exact) mass is 502 g/mol. The molecule has 1 atom stereocenters. The van der Waals surface area contributed by atoms with Crippen molar-refractivity contribution in [1.82, 2.24) is 9.97 Å². The van der Waals surface area contributed by atoms with Gasteiger partial charge < -0.3 is 15.5 Å². The molecular weight excluding hydrogens is 472 g/mol. The molecule has 0 bridgehead atoms. The van der Waals surface area contributed by atoms with Crippen molar-refractivity contribution in [3.63, 3.8) is 0 Å². The molecular formula is C29H31ClN4O2. The maximum atomic E-state index is 12.5. The zero-order chi connectivity index (χ0) is 25.7. The van der Waals surface area contributed by atoms with Crippen molar-refractivity contribution in [3.05, 3.63) is 94.4 Å². The van der Waals surface area contributed by atoms with Gasteiger partial charge in [0, 0.05) is 29.4 Å². The van der Waals surface area contributed by atoms with Crippen LogP contribution < -0.4 is 5.32 Å². The van der Waals surface area contributed by atoms with E-state index in [0.29, 0.717) is 28.9 Å². The number of halogens is 1. The third kappa shape index (κ3) is 6.00. The molecule has 2 aromatic carbocycles. The first-order valence-electron chi connectivity index (χ1n) is 12.1. The van der Waals surface area contributed by atoms with Crippen LogP contribution in [0.5, 0.6) is 0 Å². The zero-order valence-corrected chi connectivity index (χ0v) is 21.6. The quantitative estimate of drug-likeness (QED) is 0.262. The van der Waals surface area contributed by atoms with E-state index in [9.17, 15) is 4.79 Å². The SMILES string of the molecule is COC(=O)c1cnc(C2=CCC(C)(C)CC2)nc1NCC(C(=N)c1ccc(Cl)cc1)c1ccccc1. The van der Waals surface area contributed by atoms with Crippen molar-refractivity contribution in [2.75, 3.05) is 19.0 Å². The number of methoxy groups -OCH3 is 1. The number of benzene rings is 2. The molecule has 1 heterocycles. The molecule has 1 aliphatic carbocycles. The lowest BCUT2D eigenvalue weighted by Crippen LogP contribution is -2.23. The Morgan fingerprint density at radius 1 is 1.17 bits per heavy atom. The van der Waals surface area contributed by atoms with E-state index in [2.05, 4.69) is 30.2 Å². The van der Waals surface area contributed by atoms with E-state index in [4.69, 9.17) is 26.7 Å². The number of carbonyl (C=O) groups excluding carboxylic acids is 1. The first kappa shape index (κ1) is 25.6. The fourth-order valence-corrected chi connectivity index (χ4v) is 4.44. The number of allylic oxidation sites excluding steroid dienone is 2. The van der Waals surface area contributed by atoms with Crippen molar-refractivity contribution < 1.29 is 9.53 Å². The molecule has 1 aliphatic rings. The van der Waals surface area contributed by atoms with Gasteiger partial charge in [-0.2, -0.15) is 0 Å². The molecule has 0 saturated carbocycles. The summed E-state index contributed by atoms with van der Waals surface area (Å²) in [7, 11) is 1.34. The largest absolute Gasteiger partial charge is 0.465 e. The van der Waals surface area contributed by atoms with Crippen LogP contribution in [-0.2, 0) is 4.74 Å². The van der Waals surface area contributed by atoms with Gasteiger partial charge in [-0.05, 0) is 53.5 Å². The molecule has 0 fully saturated rings. The van der Waals surface area contributed by atoms with Gasteiger partial charge >= 0.3 is 5.97 Å². The van der Waals surface area contributed by atoms with Crippen LogP contribution in [0.4, 0.5) is 5.82 Å². The average Bonchev–Trinajstić information content (AvgIpc) is 2.89. The number of hydrogen-bond acceptors (Lipinski definition) is 6. The van der Waals surface area contributed by atoms with Gasteiger partial charge in [-0.15, -0.1) is 0 Å². The van der Waals surface area contributed by atoms with Gasteiger partial charge in [-0.25, -0.2) is 14.8 Å². The molecule has 36 heavy (non-hydrogen) atoms. The summed E-state index contributed by atoms with van der Waals surface area (Å²) in [4.78, 5) is 21.7. The van der Waals surface area contributed by atoms with Crippen LogP contribution in [-0.4, -0.2) is 35.3 Å². The van der Waals surface area contributed by atoms with E-state index in [1.165, 1.54) is 13.3 Å². The molecule has 0 radical (unpaired) electrons. The predicted octanol–water partition coefficient (Wildman–Crippen LogP) is 6.77. The summed E-state index contributed by atoms with van der Waals surface area (Å²) in [6.07, 6.45) is 6.63. The Labute approximate surface area is 217 Å². The maximum Gasteiger partial charge on any atom is 0.343 e. The van der Waals surface area contributed by atoms with Gasteiger partial charge in [0.05, 0.1) is 7.11 Å². The van der Waals surface area contributed by atoms with Gasteiger partial charge in [0.1, 0.15) is 11.4 Å². The van der Waals surface area contributed by atoms with Crippen molar-refractivity contribution in [1.29, 1.82) is 5.41 Å². The van der Waals surface area contributed by atoms with Crippen molar-refractivity contribution in [2.45, 2.75) is 39.0 Å². The van der Waals surface area contributed by atoms with Gasteiger partial charge in [-0.3, -0.25) is 0 Å². The topological polar surface area (TPSA) is 88.0 Å². The lowest BCUT2D eigenvalue weighted by atomic mass is 9.78. The molecule has 1 aromatic heterocycles. The molecule has 4 rings (SSSR count). The normalized spacial score (nSPS) is 15.5. The maximum absolute atomic E-state index is 12.5. The summed E-state index contributed by atoms with van der Waals surface area (Å²) in [6, 6.07) is 17.1. The van der Waals surface area contributed by atoms with Gasteiger partial charge in [0.15, 0.2) is 5.82 Å². The standard InChI is InChI=1S/C29H31ClN4O2/c1-29(2)15-13-21(14-16-29)26-32-18-24(28(35)36-3)27(34-26)33-17-23(19-7-5-4-6-8-19)25(31)20-9-11-22(30)12-10-20/h4-13,18,23,31H,14-17H2,1-3H3,(H,32,33,34). The van der Waals surface area contributed by atoms with E-state index >= 15 is 0 Å². The van der Waals surface area contributed by atoms with Crippen LogP contribution >= 0.6 is 11.6 Å². The number of esters is 1. The van der Waals surface area contributed by atoms with E-state index in [1.54, 1.807) is 12.1 Å². The number of ether oxygens (including phenoxy) is 1. The highest BCUT2D eigenvalue weighted by molar-refractivity contribution is 6.30. The number of carbonyl (C=O) groups is 1. The number of nitrogens with one attached hydrogen (secondary N) is 2. The molecule has 3 aromatic rings. The summed E-state index contributed by atoms with van der Waals surface area (Å²) in [5.74, 6) is 0.227. The minimum Gasteiger partial charge on any atom is -0.465 e. The summed E-state index contributed by atoms with van der Waals surface area (Å²) in [5, 5.41) is 12.9. The Balaban J connectivity index is 1.65. The van der Waals surface area contributed by atoms with Gasteiger partial charge in [-0.1, -0.05) is 74.0 Å². The highest BCUT2D eigenvalue weighted by Crippen LogP contribution is 2.37. The van der Waals surface area contributed by atoms with Gasteiger partial charge in [0.2, 0.25) is 0 Å². The number of aromatic nitrogens is 2. The smallest absolute Gasteiger partial charge is 0.343 e. The van der Waals surface area contributed by atoms with Crippen molar-refractivity contribution >= 4 is 34.7 Å². The number of rotatable bonds is 8. The molecule has 0 spiro atoms. The van der Waals surface area contributed by atoms with Gasteiger partial charge in [0.25, 0.3) is 0 Å². The zero-order valence-electron chi connectivity index (χ0n) is 20.8. The van der Waals surface area contributed by atoms with Crippen LogP contribution in [0, 0.1) is 10.8 Å². The predicted molar refractivity (Wildman–Crippen MR) is 145 cm³/mol. The summed E-state index contributed by atoms with van der Waals surface area (Å²) in [6.45, 7) is 4.87. The number of nitrogens with zero attached hydrogens (tertiary/aromatic N) is 2. The van der Waals surface area contributed by atoms with E-state index in [-0.39, 0.29) is 16.9 Å². The highest BCUT2D eigenvalue weighted by Gasteiger charge is 2.25. The van der Waals surface area contributed by atoms with E-state index < -0.39 is 5.97 Å². The second-order valence-electron chi connectivity index (χ2n) is 9.81. The molecule has 0 saturated heterocycles. The molecule has 6 nitrogen and oxygen atoms in total. The van der Waals surface area contributed by atoms with Crippen LogP contribution in [0.3, 0.4) is 0 Å². The summed E-state index contributed by atoms with van der Waals surface area (Å²) >= 11 is 6.06. The summed E-state index contributed by atoms with van der Waals surface area (Å²) < 4.78 is 4.98. The van der Waals surface area contributed by atoms with Crippen molar-refractivity contribution in [3.8, 4) is 0 Å². The Morgan fingerprint density at radius 3 is 2.53 bits per heavy atom. The third-order valence-corrected chi connectivity index (χ3v) is 6.88. The number of hydrogen-bond donors (Lipinski definition) is 2. The Morgan fingerprint density at radius 2 is 1.89 bits per heavy atom. The van der Waals surface area contributed by atoms with Crippen LogP contribution in [0.25, 0.3) is 5.57 Å². The molecule has 2 N–H and O–H groups in total. The van der Waals surface area contributed by atoms with Crippen LogP contribution in [0.2, 0.25) is 5.02 Å². The number of anilines is 1. The minimum absolute atomic E-state index is 0.265. The fraction of sp³-hybridized carbons (Fsp3) is 0.310. The Bertz CT molecular complexity index is 1270. The fourth-order valence-electron chi connectivity index (χ4n) is 4.31. The molecule has 0 aliphatic heterocycles. The van der Waals surface area contributed by atoms with Crippen molar-refractivity contribution in [2.24, 2.45) is 5.41 Å². The molecule has 186 valence electrons. The van der Waals surface area contributed by atoms with Crippen LogP contribution in [0.1, 0.15) is 66.3 Å². The lowest BCUT2D eigenvalue weighted by Gasteiger charge is -2.28. The summed E-state index contributed by atoms with van der Waals surface area (Å²) in [5.41, 5.74) is 3.82. The van der Waals surface area contributed by atoms with Crippen LogP contribution in [0.15, 0.2) is 66.9 Å². The Kier molecular flexibility index (Phi) is 7.85. The minimum atomic E-state index is -0.508. The average molecular weight is 503 g/mol. The Hall–Kier alpha value is -3.51. The second-order valence-corrected chi connectivity index (χ2v) is 10.2.